The SMILES string of the molecule is CC(=O)O[C@H]1C(=O)[C@@]2(C)[C@H]([C@H](OC(=O)c3ccccc3)[C@]3(O)C[C@H](OC(=O)[C@H](OCCC(=O)NCCCC[C@H](NC(=O)CC[C@@H](NC(=O)[C@H](C)NC(=O)/C=C/c4ccc(Br)cc4)C(N)=O)C(=O)O)[C@@H](NC(=O)c4ccccc4)c4ccccc4)C(C)=C1C3(C)C)[C@]1(OC(C)=O)CO[C@@H]1C[C@@H]2O. The minimum absolute atomic E-state index is 0.00667. The number of aliphatic hydroxyl groups is 2. The van der Waals surface area contributed by atoms with Crippen molar-refractivity contribution in [1.29, 1.82) is 0 Å². The highest BCUT2D eigenvalue weighted by Gasteiger charge is 2.78. The number of carbonyl (C=O) groups excluding carboxylic acids is 11. The summed E-state index contributed by atoms with van der Waals surface area (Å²) >= 11 is 3.33. The molecule has 1 aliphatic heterocycles. The van der Waals surface area contributed by atoms with Crippen molar-refractivity contribution in [2.24, 2.45) is 22.5 Å². The third kappa shape index (κ3) is 17.8. The quantitative estimate of drug-likeness (QED) is 0.0112. The summed E-state index contributed by atoms with van der Waals surface area (Å²) in [6.45, 7) is 8.60. The smallest absolute Gasteiger partial charge is 0.338 e. The minimum Gasteiger partial charge on any atom is -0.480 e. The van der Waals surface area contributed by atoms with Crippen molar-refractivity contribution >= 4 is 93.1 Å². The number of fused-ring (bicyclic) bond motifs is 5. The number of aliphatic carboxylic acids is 1. The second kappa shape index (κ2) is 33.3. The van der Waals surface area contributed by atoms with E-state index in [9.17, 15) is 63.3 Å². The lowest BCUT2D eigenvalue weighted by Crippen LogP contribution is -2.82. The number of nitrogens with two attached hydrogens (primary N) is 1. The van der Waals surface area contributed by atoms with Gasteiger partial charge in [-0.25, -0.2) is 14.4 Å². The molecule has 0 spiro atoms. The van der Waals surface area contributed by atoms with Crippen molar-refractivity contribution in [3.05, 3.63) is 159 Å². The van der Waals surface area contributed by atoms with Crippen molar-refractivity contribution in [2.45, 2.75) is 172 Å². The summed E-state index contributed by atoms with van der Waals surface area (Å²) in [6, 6.07) is 25.7. The Labute approximate surface area is 591 Å². The number of hydrogen-bond acceptors (Lipinski definition) is 20. The fourth-order valence-corrected chi connectivity index (χ4v) is 14.1. The number of unbranched alkanes of at least 4 members (excludes halogenated alkanes) is 1. The Morgan fingerprint density at radius 3 is 1.98 bits per heavy atom. The molecule has 3 aliphatic carbocycles. The van der Waals surface area contributed by atoms with Crippen molar-refractivity contribution in [3.8, 4) is 0 Å². The predicted molar refractivity (Wildman–Crippen MR) is 364 cm³/mol. The molecule has 10 N–H and O–H groups in total. The van der Waals surface area contributed by atoms with E-state index in [4.69, 9.17) is 34.2 Å². The third-order valence-corrected chi connectivity index (χ3v) is 19.9. The molecule has 27 nitrogen and oxygen atoms in total. The predicted octanol–water partition coefficient (Wildman–Crippen LogP) is 4.74. The summed E-state index contributed by atoms with van der Waals surface area (Å²) in [6.07, 6.45) is -9.08. The van der Waals surface area contributed by atoms with Crippen molar-refractivity contribution < 1.29 is 101 Å². The molecule has 0 aromatic heterocycles. The fourth-order valence-electron chi connectivity index (χ4n) is 13.9. The number of primary amides is 1. The molecular weight excluding hydrogens is 1380 g/mol. The number of nitrogens with one attached hydrogen (secondary N) is 5. The highest BCUT2D eigenvalue weighted by Crippen LogP contribution is 2.64. The first-order chi connectivity index (χ1) is 47.8. The van der Waals surface area contributed by atoms with Gasteiger partial charge in [0, 0.05) is 67.6 Å². The van der Waals surface area contributed by atoms with Gasteiger partial charge < -0.3 is 76.1 Å². The highest BCUT2D eigenvalue weighted by atomic mass is 79.9. The summed E-state index contributed by atoms with van der Waals surface area (Å²) in [7, 11) is 0. The zero-order valence-corrected chi connectivity index (χ0v) is 58.5. The number of carboxylic acid groups (broad SMARTS) is 1. The first kappa shape index (κ1) is 77.3. The standard InChI is InChI=1S/C73H85BrN6O21/c1-40-51(38-73(95)63(100-68(93)47-23-15-10-16-24-47)61-71(7,52(83)37-53-72(61,39-97-53)101-43(4)82)62(87)59(98-42(3)81)57(40)70(73,5)6)99-69(94)60(58(45-19-11-8-12-20-45)80-66(90)46-21-13-9-14-22-46)96-36-34-54(84)76-35-18-17-25-50(67(91)92)78-56(86)33-31-49(64(75)88)79-65(89)41(2)77-55(85)32-28-44-26-29-48(74)30-27-44/h8-16,19-24,26-30,32,41,49-53,58-61,63,83,95H,17-18,25,31,33-39H2,1-7H3,(H2,75,88)(H,76,84)(H,77,85)(H,78,86)(H,79,89)(H,80,90)(H,91,92)/b32-28+/t41-,49+,50-,51-,52-,53+,58-,59+,60+,61-,63-,71+,72-,73+/m0/s1. The molecule has 540 valence electrons. The zero-order chi connectivity index (χ0) is 73.7. The number of aliphatic hydroxyl groups excluding tert-OH is 1. The Hall–Kier alpha value is -9.48. The maximum absolute atomic E-state index is 15.9. The van der Waals surface area contributed by atoms with Gasteiger partial charge in [-0.15, -0.1) is 0 Å². The van der Waals surface area contributed by atoms with Crippen molar-refractivity contribution in [3.63, 3.8) is 0 Å². The van der Waals surface area contributed by atoms with E-state index in [2.05, 4.69) is 42.5 Å². The lowest BCUT2D eigenvalue weighted by molar-refractivity contribution is -0.346. The monoisotopic (exact) mass is 1460 g/mol. The molecule has 1 heterocycles. The summed E-state index contributed by atoms with van der Waals surface area (Å²) in [5.74, 6) is -12.3. The van der Waals surface area contributed by atoms with Crippen LogP contribution in [0.25, 0.3) is 6.08 Å². The van der Waals surface area contributed by atoms with Crippen LogP contribution in [0.3, 0.4) is 0 Å². The molecule has 2 bridgehead atoms. The Bertz CT molecular complexity index is 3820. The molecule has 28 heteroatoms. The van der Waals surface area contributed by atoms with E-state index in [1.807, 2.05) is 0 Å². The Morgan fingerprint density at radius 2 is 1.39 bits per heavy atom. The number of rotatable bonds is 30. The topological polar surface area (TPSA) is 407 Å². The van der Waals surface area contributed by atoms with Gasteiger partial charge in [0.25, 0.3) is 5.91 Å². The van der Waals surface area contributed by atoms with Crippen LogP contribution in [0, 0.1) is 16.7 Å². The summed E-state index contributed by atoms with van der Waals surface area (Å²) < 4.78 is 38.3. The van der Waals surface area contributed by atoms with E-state index in [0.29, 0.717) is 5.56 Å². The van der Waals surface area contributed by atoms with Crippen LogP contribution in [0.15, 0.2) is 137 Å². The lowest BCUT2D eigenvalue weighted by atomic mass is 9.44. The molecule has 1 saturated heterocycles. The number of ketones is 1. The number of hydrogen-bond donors (Lipinski definition) is 9. The number of esters is 4. The van der Waals surface area contributed by atoms with Crippen molar-refractivity contribution in [2.75, 3.05) is 19.8 Å². The van der Waals surface area contributed by atoms with Crippen LogP contribution in [0.5, 0.6) is 0 Å². The largest absolute Gasteiger partial charge is 0.480 e. The molecule has 101 heavy (non-hydrogen) atoms. The van der Waals surface area contributed by atoms with Gasteiger partial charge in [-0.05, 0) is 111 Å². The van der Waals surface area contributed by atoms with E-state index in [-0.39, 0.29) is 67.5 Å². The molecule has 6 amide bonds. The average molecular weight is 1460 g/mol. The van der Waals surface area contributed by atoms with E-state index in [0.717, 1.165) is 23.9 Å². The first-order valence-corrected chi connectivity index (χ1v) is 33.9. The molecule has 0 unspecified atom stereocenters. The minimum atomic E-state index is -2.52. The second-order valence-electron chi connectivity index (χ2n) is 26.4. The molecule has 14 atom stereocenters. The number of carboxylic acids is 1. The van der Waals surface area contributed by atoms with Crippen molar-refractivity contribution in [1.82, 2.24) is 26.6 Å². The first-order valence-electron chi connectivity index (χ1n) is 33.1. The number of benzene rings is 4. The molecule has 4 aromatic carbocycles. The Balaban J connectivity index is 0.988. The van der Waals surface area contributed by atoms with Crippen LogP contribution in [0.2, 0.25) is 0 Å². The number of halogens is 1. The van der Waals surface area contributed by atoms with Crippen LogP contribution in [-0.4, -0.2) is 172 Å². The zero-order valence-electron chi connectivity index (χ0n) is 56.9. The van der Waals surface area contributed by atoms with Gasteiger partial charge in [-0.2, -0.15) is 0 Å². The molecule has 2 saturated carbocycles. The van der Waals surface area contributed by atoms with Crippen LogP contribution >= 0.6 is 15.9 Å². The van der Waals surface area contributed by atoms with E-state index < -0.39 is 186 Å². The van der Waals surface area contributed by atoms with Crippen LogP contribution in [-0.2, 0) is 76.4 Å². The van der Waals surface area contributed by atoms with Crippen LogP contribution in [0.1, 0.15) is 138 Å². The van der Waals surface area contributed by atoms with E-state index >= 15 is 9.59 Å². The number of amides is 6. The van der Waals surface area contributed by atoms with Gasteiger partial charge >= 0.3 is 29.8 Å². The lowest BCUT2D eigenvalue weighted by Gasteiger charge is -2.67. The van der Waals surface area contributed by atoms with Gasteiger partial charge in [-0.1, -0.05) is 109 Å². The van der Waals surface area contributed by atoms with Gasteiger partial charge in [0.2, 0.25) is 29.5 Å². The Morgan fingerprint density at radius 1 is 0.752 bits per heavy atom. The number of ether oxygens (including phenoxy) is 6. The number of Topliss-reactive ketones (excluding diaryl/α,β-unsaturated/α-hetero) is 1. The summed E-state index contributed by atoms with van der Waals surface area (Å²) in [5, 5.41) is 49.3. The molecule has 8 rings (SSSR count). The molecule has 4 aliphatic rings. The molecular formula is C73H85BrN6O21. The average Bonchev–Trinajstić information content (AvgIpc) is 0.669. The summed E-state index contributed by atoms with van der Waals surface area (Å²) in [4.78, 5) is 164. The van der Waals surface area contributed by atoms with Gasteiger partial charge in [0.1, 0.15) is 42.0 Å². The maximum atomic E-state index is 15.9. The third-order valence-electron chi connectivity index (χ3n) is 19.3. The molecule has 0 radical (unpaired) electrons. The highest BCUT2D eigenvalue weighted by molar-refractivity contribution is 9.10. The normalized spacial score (nSPS) is 24.8. The van der Waals surface area contributed by atoms with E-state index in [1.165, 1.54) is 71.0 Å². The Kier molecular flexibility index (Phi) is 25.5. The van der Waals surface area contributed by atoms with Gasteiger partial charge in [-0.3, -0.25) is 43.2 Å². The molecule has 3 fully saturated rings. The van der Waals surface area contributed by atoms with Gasteiger partial charge in [0.05, 0.1) is 42.3 Å². The fraction of sp³-hybridized carbons (Fsp3) is 0.452. The number of carbonyl (C=O) groups is 12. The van der Waals surface area contributed by atoms with Gasteiger partial charge in [0.15, 0.2) is 23.6 Å². The van der Waals surface area contributed by atoms with E-state index in [1.54, 1.807) is 91.0 Å². The summed E-state index contributed by atoms with van der Waals surface area (Å²) in [5.41, 5.74) is -1.54. The molecule has 4 aromatic rings. The van der Waals surface area contributed by atoms with Crippen LogP contribution < -0.4 is 32.3 Å². The maximum Gasteiger partial charge on any atom is 0.338 e. The van der Waals surface area contributed by atoms with Crippen LogP contribution in [0.4, 0.5) is 0 Å². The second-order valence-corrected chi connectivity index (χ2v) is 27.3.